The van der Waals surface area contributed by atoms with Gasteiger partial charge in [0.25, 0.3) is 0 Å². The third kappa shape index (κ3) is 8.81. The Balaban J connectivity index is 2.17. The summed E-state index contributed by atoms with van der Waals surface area (Å²) in [7, 11) is 0. The third-order valence-electron chi connectivity index (χ3n) is 4.79. The monoisotopic (exact) mass is 336 g/mol. The molecule has 0 aromatic rings. The highest BCUT2D eigenvalue weighted by atomic mass is 16.3. The lowest BCUT2D eigenvalue weighted by molar-refractivity contribution is 0.0669. The minimum Gasteiger partial charge on any atom is -0.390 e. The van der Waals surface area contributed by atoms with Crippen molar-refractivity contribution in [2.75, 3.05) is 0 Å². The Morgan fingerprint density at radius 1 is 1.17 bits per heavy atom. The first kappa shape index (κ1) is 21.1. The molecule has 0 aromatic carbocycles. The second kappa shape index (κ2) is 10.2. The van der Waals surface area contributed by atoms with Gasteiger partial charge in [0.15, 0.2) is 0 Å². The number of rotatable bonds is 9. The van der Waals surface area contributed by atoms with Gasteiger partial charge in [-0.05, 0) is 57.4 Å². The zero-order valence-electron chi connectivity index (χ0n) is 15.7. The van der Waals surface area contributed by atoms with Crippen LogP contribution in [0.3, 0.4) is 0 Å². The molecule has 1 aliphatic rings. The fourth-order valence-corrected chi connectivity index (χ4v) is 3.11. The van der Waals surface area contributed by atoms with Crippen LogP contribution in [0.15, 0.2) is 36.0 Å². The number of hydrogen-bond donors (Lipinski definition) is 3. The Kier molecular flexibility index (Phi) is 8.96. The minimum absolute atomic E-state index is 0.537. The molecule has 3 heteroatoms. The first-order valence-corrected chi connectivity index (χ1v) is 9.31. The molecule has 1 unspecified atom stereocenters. The number of allylic oxidation sites excluding steroid dienone is 3. The molecule has 0 amide bonds. The van der Waals surface area contributed by atoms with Crippen LogP contribution >= 0.6 is 0 Å². The summed E-state index contributed by atoms with van der Waals surface area (Å²) in [4.78, 5) is 0. The van der Waals surface area contributed by atoms with Crippen LogP contribution in [-0.4, -0.2) is 33.1 Å². The largest absolute Gasteiger partial charge is 0.390 e. The Morgan fingerprint density at radius 3 is 2.33 bits per heavy atom. The Hall–Kier alpha value is -0.900. The van der Waals surface area contributed by atoms with E-state index in [9.17, 15) is 15.3 Å². The maximum Gasteiger partial charge on any atom is 0.0809 e. The van der Waals surface area contributed by atoms with E-state index >= 15 is 0 Å². The van der Waals surface area contributed by atoms with Gasteiger partial charge in [-0.25, -0.2) is 0 Å². The quantitative estimate of drug-likeness (QED) is 0.435. The van der Waals surface area contributed by atoms with Crippen LogP contribution < -0.4 is 0 Å². The lowest BCUT2D eigenvalue weighted by atomic mass is 9.86. The smallest absolute Gasteiger partial charge is 0.0809 e. The van der Waals surface area contributed by atoms with E-state index in [1.54, 1.807) is 0 Å². The van der Waals surface area contributed by atoms with Gasteiger partial charge in [-0.2, -0.15) is 0 Å². The lowest BCUT2D eigenvalue weighted by Crippen LogP contribution is -2.27. The van der Waals surface area contributed by atoms with Gasteiger partial charge in [-0.1, -0.05) is 56.6 Å². The van der Waals surface area contributed by atoms with Crippen molar-refractivity contribution in [3.05, 3.63) is 36.0 Å². The molecule has 0 saturated heterocycles. The fraction of sp³-hybridized carbons (Fsp3) is 0.714. The molecule has 3 N–H and O–H groups in total. The van der Waals surface area contributed by atoms with Crippen LogP contribution in [0.5, 0.6) is 0 Å². The van der Waals surface area contributed by atoms with E-state index in [2.05, 4.69) is 19.6 Å². The van der Waals surface area contributed by atoms with Crippen LogP contribution in [0.25, 0.3) is 0 Å². The fourth-order valence-electron chi connectivity index (χ4n) is 3.11. The molecule has 0 bridgehead atoms. The van der Waals surface area contributed by atoms with Crippen LogP contribution in [0, 0.1) is 5.92 Å². The van der Waals surface area contributed by atoms with Crippen molar-refractivity contribution in [3.8, 4) is 0 Å². The average molecular weight is 337 g/mol. The zero-order chi connectivity index (χ0) is 18.2. The SMILES string of the molecule is C=C1[C@H](O)CC(=CC=CCCCC(C)CCCC(C)(C)O)C[C@H]1O. The summed E-state index contributed by atoms with van der Waals surface area (Å²) in [5, 5.41) is 29.3. The van der Waals surface area contributed by atoms with Gasteiger partial charge in [0.2, 0.25) is 0 Å². The van der Waals surface area contributed by atoms with Gasteiger partial charge < -0.3 is 15.3 Å². The first-order valence-electron chi connectivity index (χ1n) is 9.31. The molecule has 138 valence electrons. The van der Waals surface area contributed by atoms with Crippen LogP contribution in [-0.2, 0) is 0 Å². The molecule has 1 saturated carbocycles. The molecule has 0 aromatic heterocycles. The van der Waals surface area contributed by atoms with Gasteiger partial charge in [0.1, 0.15) is 0 Å². The molecule has 0 heterocycles. The molecule has 24 heavy (non-hydrogen) atoms. The minimum atomic E-state index is -0.613. The second-order valence-electron chi connectivity index (χ2n) is 8.01. The van der Waals surface area contributed by atoms with Crippen molar-refractivity contribution in [1.82, 2.24) is 0 Å². The summed E-state index contributed by atoms with van der Waals surface area (Å²) in [6.07, 6.45) is 12.7. The Morgan fingerprint density at radius 2 is 1.75 bits per heavy atom. The van der Waals surface area contributed by atoms with Crippen molar-refractivity contribution in [1.29, 1.82) is 0 Å². The molecule has 1 fully saturated rings. The van der Waals surface area contributed by atoms with E-state index in [0.29, 0.717) is 24.3 Å². The predicted octanol–water partition coefficient (Wildman–Crippen LogP) is 4.29. The van der Waals surface area contributed by atoms with Crippen LogP contribution in [0.2, 0.25) is 0 Å². The summed E-state index contributed by atoms with van der Waals surface area (Å²) in [6.45, 7) is 9.75. The molecule has 3 nitrogen and oxygen atoms in total. The normalized spacial score (nSPS) is 23.8. The Bertz CT molecular complexity index is 426. The van der Waals surface area contributed by atoms with Crippen LogP contribution in [0.1, 0.15) is 72.1 Å². The van der Waals surface area contributed by atoms with Crippen molar-refractivity contribution < 1.29 is 15.3 Å². The highest BCUT2D eigenvalue weighted by molar-refractivity contribution is 5.25. The topological polar surface area (TPSA) is 60.7 Å². The molecule has 0 radical (unpaired) electrons. The predicted molar refractivity (Wildman–Crippen MR) is 101 cm³/mol. The lowest BCUT2D eigenvalue weighted by Gasteiger charge is -2.27. The maximum absolute atomic E-state index is 9.80. The van der Waals surface area contributed by atoms with E-state index < -0.39 is 17.8 Å². The average Bonchev–Trinajstić information content (AvgIpc) is 2.46. The first-order chi connectivity index (χ1) is 11.2. The molecule has 1 rings (SSSR count). The molecule has 0 aliphatic heterocycles. The van der Waals surface area contributed by atoms with Crippen LogP contribution in [0.4, 0.5) is 0 Å². The molecule has 0 spiro atoms. The van der Waals surface area contributed by atoms with E-state index in [4.69, 9.17) is 0 Å². The standard InChI is InChI=1S/C21H36O3/c1-16(11-9-13-21(3,4)24)10-7-5-6-8-12-18-14-19(22)17(2)20(23)15-18/h6,8,12,16,19-20,22-24H,2,5,7,9-11,13-15H2,1,3-4H3/t16?,19-,20-/m1/s1. The molecule has 3 atom stereocenters. The van der Waals surface area contributed by atoms with Crippen molar-refractivity contribution in [3.63, 3.8) is 0 Å². The highest BCUT2D eigenvalue weighted by Gasteiger charge is 2.25. The Labute approximate surface area is 147 Å². The summed E-state index contributed by atoms with van der Waals surface area (Å²) < 4.78 is 0. The summed E-state index contributed by atoms with van der Waals surface area (Å²) >= 11 is 0. The van der Waals surface area contributed by atoms with E-state index in [1.807, 2.05) is 26.0 Å². The van der Waals surface area contributed by atoms with Gasteiger partial charge in [0.05, 0.1) is 17.8 Å². The van der Waals surface area contributed by atoms with E-state index in [-0.39, 0.29) is 0 Å². The van der Waals surface area contributed by atoms with Crippen molar-refractivity contribution in [2.24, 2.45) is 5.92 Å². The third-order valence-corrected chi connectivity index (χ3v) is 4.79. The van der Waals surface area contributed by atoms with E-state index in [1.165, 1.54) is 19.3 Å². The number of hydrogen-bond acceptors (Lipinski definition) is 3. The number of unbranched alkanes of at least 4 members (excludes halogenated alkanes) is 1. The van der Waals surface area contributed by atoms with Gasteiger partial charge >= 0.3 is 0 Å². The highest BCUT2D eigenvalue weighted by Crippen LogP contribution is 2.27. The number of aliphatic hydroxyl groups is 3. The second-order valence-corrected chi connectivity index (χ2v) is 8.01. The van der Waals surface area contributed by atoms with Crippen molar-refractivity contribution >= 4 is 0 Å². The molecule has 1 aliphatic carbocycles. The van der Waals surface area contributed by atoms with Gasteiger partial charge in [0, 0.05) is 0 Å². The molecular weight excluding hydrogens is 300 g/mol. The van der Waals surface area contributed by atoms with E-state index in [0.717, 1.165) is 24.8 Å². The summed E-state index contributed by atoms with van der Waals surface area (Å²) in [5.41, 5.74) is 1.08. The molecular formula is C21H36O3. The number of aliphatic hydroxyl groups excluding tert-OH is 2. The van der Waals surface area contributed by atoms with Gasteiger partial charge in [-0.15, -0.1) is 0 Å². The summed E-state index contributed by atoms with van der Waals surface area (Å²) in [5.74, 6) is 0.703. The zero-order valence-corrected chi connectivity index (χ0v) is 15.7. The van der Waals surface area contributed by atoms with Gasteiger partial charge in [-0.3, -0.25) is 0 Å². The maximum atomic E-state index is 9.80. The van der Waals surface area contributed by atoms with Crippen molar-refractivity contribution in [2.45, 2.75) is 89.9 Å². The summed E-state index contributed by atoms with van der Waals surface area (Å²) in [6, 6.07) is 0.